The van der Waals surface area contributed by atoms with Crippen molar-refractivity contribution in [3.05, 3.63) is 0 Å². The minimum atomic E-state index is 0.279. The van der Waals surface area contributed by atoms with Crippen LogP contribution in [0.2, 0.25) is 0 Å². The van der Waals surface area contributed by atoms with E-state index in [0.29, 0.717) is 23.5 Å². The standard InChI is InChI=1S/C10H16O/c1-5-6(2)10(3,4)8-7(5)9(8)11/h5-8H,1-4H3. The summed E-state index contributed by atoms with van der Waals surface area (Å²) in [6, 6.07) is 0. The molecule has 4 atom stereocenters. The van der Waals surface area contributed by atoms with E-state index in [2.05, 4.69) is 27.7 Å². The van der Waals surface area contributed by atoms with Gasteiger partial charge in [-0.05, 0) is 17.3 Å². The highest BCUT2D eigenvalue weighted by molar-refractivity contribution is 6.01. The Labute approximate surface area is 68.2 Å². The molecule has 2 aliphatic rings. The second kappa shape index (κ2) is 1.70. The van der Waals surface area contributed by atoms with Crippen LogP contribution in [0.1, 0.15) is 27.7 Å². The molecule has 0 saturated heterocycles. The van der Waals surface area contributed by atoms with Crippen LogP contribution in [-0.4, -0.2) is 5.78 Å². The van der Waals surface area contributed by atoms with E-state index in [4.69, 9.17) is 0 Å². The highest BCUT2D eigenvalue weighted by atomic mass is 16.1. The van der Waals surface area contributed by atoms with Crippen molar-refractivity contribution in [2.24, 2.45) is 29.1 Å². The molecule has 0 N–H and O–H groups in total. The average Bonchev–Trinajstić information content (AvgIpc) is 2.53. The van der Waals surface area contributed by atoms with E-state index in [9.17, 15) is 4.79 Å². The first-order valence-electron chi connectivity index (χ1n) is 4.51. The number of rotatable bonds is 0. The molecule has 2 aliphatic carbocycles. The molecule has 11 heavy (non-hydrogen) atoms. The van der Waals surface area contributed by atoms with Crippen molar-refractivity contribution < 1.29 is 4.79 Å². The third-order valence-corrected chi connectivity index (χ3v) is 4.22. The lowest BCUT2D eigenvalue weighted by Crippen LogP contribution is -2.25. The Hall–Kier alpha value is -0.330. The maximum Gasteiger partial charge on any atom is 0.141 e. The molecule has 1 heteroatoms. The fourth-order valence-electron chi connectivity index (χ4n) is 2.92. The Bertz CT molecular complexity index is 217. The van der Waals surface area contributed by atoms with E-state index in [1.807, 2.05) is 0 Å². The molecule has 0 amide bonds. The van der Waals surface area contributed by atoms with Crippen LogP contribution >= 0.6 is 0 Å². The first-order chi connectivity index (χ1) is 4.98. The van der Waals surface area contributed by atoms with Crippen molar-refractivity contribution in [1.82, 2.24) is 0 Å². The molecule has 0 spiro atoms. The fraction of sp³-hybridized carbons (Fsp3) is 0.900. The molecule has 0 heterocycles. The van der Waals surface area contributed by atoms with Gasteiger partial charge in [0.25, 0.3) is 0 Å². The summed E-state index contributed by atoms with van der Waals surface area (Å²) in [6.07, 6.45) is 0. The minimum absolute atomic E-state index is 0.279. The van der Waals surface area contributed by atoms with Gasteiger partial charge in [-0.15, -0.1) is 0 Å². The van der Waals surface area contributed by atoms with Crippen LogP contribution in [-0.2, 0) is 4.79 Å². The Morgan fingerprint density at radius 3 is 2.09 bits per heavy atom. The average molecular weight is 152 g/mol. The van der Waals surface area contributed by atoms with Gasteiger partial charge in [-0.3, -0.25) is 4.79 Å². The van der Waals surface area contributed by atoms with Crippen LogP contribution in [0.25, 0.3) is 0 Å². The van der Waals surface area contributed by atoms with Crippen LogP contribution in [0.4, 0.5) is 0 Å². The summed E-state index contributed by atoms with van der Waals surface area (Å²) >= 11 is 0. The number of carbonyl (C=O) groups excluding carboxylic acids is 1. The van der Waals surface area contributed by atoms with Crippen molar-refractivity contribution in [3.63, 3.8) is 0 Å². The maximum absolute atomic E-state index is 11.3. The SMILES string of the molecule is CC1C2C(=O)C2C(C)(C)C1C. The van der Waals surface area contributed by atoms with Crippen LogP contribution in [0.3, 0.4) is 0 Å². The molecule has 0 aromatic heterocycles. The Kier molecular flexibility index (Phi) is 1.13. The fourth-order valence-corrected chi connectivity index (χ4v) is 2.92. The lowest BCUT2D eigenvalue weighted by Gasteiger charge is -2.28. The summed E-state index contributed by atoms with van der Waals surface area (Å²) in [7, 11) is 0. The number of Topliss-reactive ketones (excluding diaryl/α,β-unsaturated/α-hetero) is 1. The Morgan fingerprint density at radius 1 is 1.27 bits per heavy atom. The molecule has 0 bridgehead atoms. The van der Waals surface area contributed by atoms with Crippen LogP contribution in [0.5, 0.6) is 0 Å². The molecule has 0 radical (unpaired) electrons. The predicted octanol–water partition coefficient (Wildman–Crippen LogP) is 2.11. The van der Waals surface area contributed by atoms with E-state index in [-0.39, 0.29) is 5.41 Å². The summed E-state index contributed by atoms with van der Waals surface area (Å²) in [5, 5.41) is 0. The zero-order valence-electron chi connectivity index (χ0n) is 7.72. The number of fused-ring (bicyclic) bond motifs is 1. The van der Waals surface area contributed by atoms with E-state index in [1.54, 1.807) is 0 Å². The summed E-state index contributed by atoms with van der Waals surface area (Å²) in [5.74, 6) is 2.71. The molecular weight excluding hydrogens is 136 g/mol. The van der Waals surface area contributed by atoms with Gasteiger partial charge in [-0.2, -0.15) is 0 Å². The highest BCUT2D eigenvalue weighted by Crippen LogP contribution is 2.64. The Morgan fingerprint density at radius 2 is 1.82 bits per heavy atom. The van der Waals surface area contributed by atoms with Gasteiger partial charge in [0.1, 0.15) is 5.78 Å². The van der Waals surface area contributed by atoms with Gasteiger partial charge in [0.05, 0.1) is 0 Å². The molecule has 0 aromatic rings. The molecule has 2 saturated carbocycles. The van der Waals surface area contributed by atoms with Gasteiger partial charge in [0, 0.05) is 11.8 Å². The van der Waals surface area contributed by atoms with Gasteiger partial charge in [-0.1, -0.05) is 27.7 Å². The molecule has 4 unspecified atom stereocenters. The zero-order valence-corrected chi connectivity index (χ0v) is 7.72. The monoisotopic (exact) mass is 152 g/mol. The van der Waals surface area contributed by atoms with Crippen LogP contribution < -0.4 is 0 Å². The van der Waals surface area contributed by atoms with E-state index < -0.39 is 0 Å². The third-order valence-electron chi connectivity index (χ3n) is 4.22. The molecule has 2 rings (SSSR count). The van der Waals surface area contributed by atoms with E-state index in [1.165, 1.54) is 0 Å². The first kappa shape index (κ1) is 7.33. The van der Waals surface area contributed by atoms with Crippen molar-refractivity contribution in [2.75, 3.05) is 0 Å². The minimum Gasteiger partial charge on any atom is -0.299 e. The van der Waals surface area contributed by atoms with Crippen LogP contribution in [0.15, 0.2) is 0 Å². The molecule has 2 fully saturated rings. The zero-order chi connectivity index (χ0) is 8.39. The quantitative estimate of drug-likeness (QED) is 0.519. The van der Waals surface area contributed by atoms with Gasteiger partial charge in [0.15, 0.2) is 0 Å². The number of hydrogen-bond acceptors (Lipinski definition) is 1. The first-order valence-corrected chi connectivity index (χ1v) is 4.51. The summed E-state index contributed by atoms with van der Waals surface area (Å²) in [5.41, 5.74) is 0.279. The number of ketones is 1. The van der Waals surface area contributed by atoms with Crippen molar-refractivity contribution >= 4 is 5.78 Å². The van der Waals surface area contributed by atoms with E-state index >= 15 is 0 Å². The number of carbonyl (C=O) groups is 1. The third kappa shape index (κ3) is 0.646. The van der Waals surface area contributed by atoms with Crippen molar-refractivity contribution in [1.29, 1.82) is 0 Å². The molecule has 0 aromatic carbocycles. The van der Waals surface area contributed by atoms with Gasteiger partial charge >= 0.3 is 0 Å². The predicted molar refractivity (Wildman–Crippen MR) is 44.1 cm³/mol. The lowest BCUT2D eigenvalue weighted by molar-refractivity contribution is -0.115. The molecule has 62 valence electrons. The molecule has 1 nitrogen and oxygen atoms in total. The van der Waals surface area contributed by atoms with Crippen molar-refractivity contribution in [2.45, 2.75) is 27.7 Å². The highest BCUT2D eigenvalue weighted by Gasteiger charge is 2.67. The largest absolute Gasteiger partial charge is 0.299 e. The second-order valence-electron chi connectivity index (χ2n) is 4.87. The summed E-state index contributed by atoms with van der Waals surface area (Å²) < 4.78 is 0. The second-order valence-corrected chi connectivity index (χ2v) is 4.87. The molecule has 0 aliphatic heterocycles. The topological polar surface area (TPSA) is 17.1 Å². The normalized spacial score (nSPS) is 52.5. The number of hydrogen-bond donors (Lipinski definition) is 0. The van der Waals surface area contributed by atoms with E-state index in [0.717, 1.165) is 5.92 Å². The van der Waals surface area contributed by atoms with Gasteiger partial charge in [0.2, 0.25) is 0 Å². The molecular formula is C10H16O. The van der Waals surface area contributed by atoms with Crippen LogP contribution in [0, 0.1) is 29.1 Å². The smallest absolute Gasteiger partial charge is 0.141 e. The summed E-state index contributed by atoms with van der Waals surface area (Å²) in [6.45, 7) is 8.99. The lowest BCUT2D eigenvalue weighted by atomic mass is 9.76. The Balaban J connectivity index is 2.32. The summed E-state index contributed by atoms with van der Waals surface area (Å²) in [4.78, 5) is 11.3. The van der Waals surface area contributed by atoms with Gasteiger partial charge in [-0.25, -0.2) is 0 Å². The van der Waals surface area contributed by atoms with Crippen molar-refractivity contribution in [3.8, 4) is 0 Å². The van der Waals surface area contributed by atoms with Gasteiger partial charge < -0.3 is 0 Å². The maximum atomic E-state index is 11.3.